The maximum absolute atomic E-state index is 13.7. The molecule has 1 saturated carbocycles. The Morgan fingerprint density at radius 1 is 1.17 bits per heavy atom. The molecular weight excluding hydrogens is 440 g/mol. The molecule has 0 radical (unpaired) electrons. The second-order valence-corrected chi connectivity index (χ2v) is 9.09. The van der Waals surface area contributed by atoms with Crippen LogP contribution >= 0.6 is 0 Å². The summed E-state index contributed by atoms with van der Waals surface area (Å²) < 4.78 is 1.96. The molecule has 8 nitrogen and oxygen atoms in total. The number of nitrogens with zero attached hydrogens (tertiary/aromatic N) is 3. The third kappa shape index (κ3) is 4.23. The van der Waals surface area contributed by atoms with E-state index in [-0.39, 0.29) is 23.2 Å². The first-order valence-corrected chi connectivity index (χ1v) is 11.8. The van der Waals surface area contributed by atoms with Crippen LogP contribution in [0, 0.1) is 6.92 Å². The van der Waals surface area contributed by atoms with E-state index < -0.39 is 0 Å². The Hall–Kier alpha value is -4.20. The molecule has 0 spiro atoms. The van der Waals surface area contributed by atoms with E-state index in [4.69, 9.17) is 11.1 Å². The number of phenolic OH excluding ortho intramolecular Hbond substituents is 1. The number of hydrogen-bond acceptors (Lipinski definition) is 6. The number of hydrogen-bond donors (Lipinski definition) is 4. The molecule has 0 unspecified atom stereocenters. The number of aryl methyl sites for hydroxylation is 1. The number of nitrogens with one attached hydrogen (secondary N) is 1. The number of benzene rings is 2. The molecule has 0 amide bonds. The molecule has 1 fully saturated rings. The Labute approximate surface area is 203 Å². The van der Waals surface area contributed by atoms with Crippen LogP contribution in [0.2, 0.25) is 0 Å². The Morgan fingerprint density at radius 2 is 1.94 bits per heavy atom. The topological polar surface area (TPSA) is 132 Å². The van der Waals surface area contributed by atoms with Crippen molar-refractivity contribution in [3.8, 4) is 5.75 Å². The average Bonchev–Trinajstić information content (AvgIpc) is 3.36. The SMILES string of the molecule is Cc1cccc2cc(CNc3ncnc(N)c3C(=[NH2+])c3cccc(O)c3)n(C3CCCC3)c(=O)c12. The van der Waals surface area contributed by atoms with Gasteiger partial charge in [-0.2, -0.15) is 0 Å². The van der Waals surface area contributed by atoms with Crippen molar-refractivity contribution in [3.63, 3.8) is 0 Å². The third-order valence-electron chi connectivity index (χ3n) is 6.80. The summed E-state index contributed by atoms with van der Waals surface area (Å²) in [6.07, 6.45) is 5.61. The zero-order valence-corrected chi connectivity index (χ0v) is 19.7. The van der Waals surface area contributed by atoms with Crippen molar-refractivity contribution in [1.29, 1.82) is 0 Å². The van der Waals surface area contributed by atoms with Crippen molar-refractivity contribution in [3.05, 3.63) is 87.6 Å². The van der Waals surface area contributed by atoms with E-state index in [0.717, 1.165) is 47.7 Å². The number of nitrogen functional groups attached to an aromatic ring is 1. The number of aromatic nitrogens is 3. The largest absolute Gasteiger partial charge is 0.508 e. The van der Waals surface area contributed by atoms with Gasteiger partial charge in [-0.3, -0.25) is 10.2 Å². The fraction of sp³-hybridized carbons (Fsp3) is 0.259. The minimum absolute atomic E-state index is 0.0533. The molecule has 0 atom stereocenters. The van der Waals surface area contributed by atoms with Gasteiger partial charge in [0.2, 0.25) is 5.71 Å². The molecule has 2 aromatic heterocycles. The van der Waals surface area contributed by atoms with Gasteiger partial charge in [0, 0.05) is 11.7 Å². The first kappa shape index (κ1) is 22.6. The number of anilines is 2. The lowest BCUT2D eigenvalue weighted by Crippen LogP contribution is -2.42. The van der Waals surface area contributed by atoms with Gasteiger partial charge < -0.3 is 20.7 Å². The van der Waals surface area contributed by atoms with Gasteiger partial charge in [-0.1, -0.05) is 37.1 Å². The second-order valence-electron chi connectivity index (χ2n) is 9.09. The highest BCUT2D eigenvalue weighted by Crippen LogP contribution is 2.31. The van der Waals surface area contributed by atoms with Gasteiger partial charge in [-0.25, -0.2) is 9.97 Å². The molecule has 2 heterocycles. The normalized spacial score (nSPS) is 13.9. The van der Waals surface area contributed by atoms with Crippen molar-refractivity contribution in [2.75, 3.05) is 11.1 Å². The first-order valence-electron chi connectivity index (χ1n) is 11.8. The van der Waals surface area contributed by atoms with E-state index in [2.05, 4.69) is 21.4 Å². The fourth-order valence-electron chi connectivity index (χ4n) is 5.09. The molecule has 178 valence electrons. The summed E-state index contributed by atoms with van der Waals surface area (Å²) >= 11 is 0. The molecule has 35 heavy (non-hydrogen) atoms. The van der Waals surface area contributed by atoms with Gasteiger partial charge in [0.05, 0.1) is 17.5 Å². The van der Waals surface area contributed by atoms with Gasteiger partial charge in [-0.15, -0.1) is 0 Å². The third-order valence-corrected chi connectivity index (χ3v) is 6.80. The summed E-state index contributed by atoms with van der Waals surface area (Å²) in [6, 6.07) is 14.8. The number of nitrogens with two attached hydrogens (primary N) is 2. The van der Waals surface area contributed by atoms with Crippen LogP contribution in [0.4, 0.5) is 11.6 Å². The molecule has 5 rings (SSSR count). The van der Waals surface area contributed by atoms with Crippen LogP contribution in [0.25, 0.3) is 10.8 Å². The van der Waals surface area contributed by atoms with Gasteiger partial charge in [0.25, 0.3) is 5.56 Å². The van der Waals surface area contributed by atoms with Crippen molar-refractivity contribution >= 4 is 28.1 Å². The number of pyridine rings is 1. The van der Waals surface area contributed by atoms with Crippen molar-refractivity contribution in [2.45, 2.75) is 45.2 Å². The molecule has 0 bridgehead atoms. The molecule has 1 aliphatic carbocycles. The summed E-state index contributed by atoms with van der Waals surface area (Å²) in [5.74, 6) is 0.793. The minimum Gasteiger partial charge on any atom is -0.508 e. The van der Waals surface area contributed by atoms with Crippen LogP contribution < -0.4 is 22.0 Å². The smallest absolute Gasteiger partial charge is 0.259 e. The monoisotopic (exact) mass is 469 g/mol. The molecule has 0 saturated heterocycles. The van der Waals surface area contributed by atoms with E-state index in [1.54, 1.807) is 24.3 Å². The molecule has 6 N–H and O–H groups in total. The molecule has 1 aliphatic rings. The predicted molar refractivity (Wildman–Crippen MR) is 137 cm³/mol. The van der Waals surface area contributed by atoms with Crippen LogP contribution in [-0.4, -0.2) is 25.4 Å². The molecular formula is C27H29N6O2+. The summed E-state index contributed by atoms with van der Waals surface area (Å²) in [7, 11) is 0. The van der Waals surface area contributed by atoms with Gasteiger partial charge in [-0.05, 0) is 55.0 Å². The number of fused-ring (bicyclic) bond motifs is 1. The summed E-state index contributed by atoms with van der Waals surface area (Å²) in [6.45, 7) is 2.35. The van der Waals surface area contributed by atoms with E-state index in [1.165, 1.54) is 6.33 Å². The van der Waals surface area contributed by atoms with Gasteiger partial charge in [0.15, 0.2) is 0 Å². The zero-order chi connectivity index (χ0) is 24.5. The van der Waals surface area contributed by atoms with Crippen LogP contribution in [0.3, 0.4) is 0 Å². The Balaban J connectivity index is 1.55. The molecule has 2 aromatic carbocycles. The van der Waals surface area contributed by atoms with Crippen LogP contribution in [0.1, 0.15) is 54.1 Å². The standard InChI is InChI=1S/C27H28N6O2/c1-16-6-4-7-17-12-20(33(27(35)22(16)17)19-9-2-3-10-19)14-30-26-23(25(29)31-15-32-26)24(28)18-8-5-11-21(34)13-18/h4-8,11-13,15,19,28,34H,2-3,9-10,14H2,1H3,(H3,29,30,31,32)/p+1. The van der Waals surface area contributed by atoms with E-state index in [0.29, 0.717) is 29.2 Å². The van der Waals surface area contributed by atoms with Crippen molar-refractivity contribution in [2.24, 2.45) is 0 Å². The quantitative estimate of drug-likeness (QED) is 0.321. The number of rotatable bonds is 6. The highest BCUT2D eigenvalue weighted by molar-refractivity contribution is 6.14. The van der Waals surface area contributed by atoms with E-state index in [1.807, 2.05) is 29.7 Å². The average molecular weight is 470 g/mol. The zero-order valence-electron chi connectivity index (χ0n) is 19.7. The van der Waals surface area contributed by atoms with Crippen LogP contribution in [-0.2, 0) is 6.54 Å². The fourth-order valence-corrected chi connectivity index (χ4v) is 5.09. The molecule has 0 aliphatic heterocycles. The van der Waals surface area contributed by atoms with E-state index in [9.17, 15) is 9.90 Å². The Bertz CT molecular complexity index is 1490. The van der Waals surface area contributed by atoms with Crippen molar-refractivity contribution in [1.82, 2.24) is 14.5 Å². The minimum atomic E-state index is 0.0533. The molecule has 8 heteroatoms. The first-order chi connectivity index (χ1) is 16.9. The summed E-state index contributed by atoms with van der Waals surface area (Å²) in [4.78, 5) is 22.2. The second kappa shape index (κ2) is 9.21. The maximum atomic E-state index is 13.7. The lowest BCUT2D eigenvalue weighted by molar-refractivity contribution is -0.111. The van der Waals surface area contributed by atoms with Gasteiger partial charge >= 0.3 is 0 Å². The highest BCUT2D eigenvalue weighted by Gasteiger charge is 2.24. The number of phenols is 1. The number of aromatic hydroxyl groups is 1. The predicted octanol–water partition coefficient (Wildman–Crippen LogP) is 2.71. The summed E-state index contributed by atoms with van der Waals surface area (Å²) in [5, 5.41) is 21.4. The maximum Gasteiger partial charge on any atom is 0.259 e. The Kier molecular flexibility index (Phi) is 5.94. The van der Waals surface area contributed by atoms with Gasteiger partial charge in [0.1, 0.15) is 29.3 Å². The molecule has 4 aromatic rings. The Morgan fingerprint density at radius 3 is 2.71 bits per heavy atom. The van der Waals surface area contributed by atoms with Crippen molar-refractivity contribution < 1.29 is 10.5 Å². The summed E-state index contributed by atoms with van der Waals surface area (Å²) in [5.41, 5.74) is 9.55. The lowest BCUT2D eigenvalue weighted by atomic mass is 10.0. The van der Waals surface area contributed by atoms with Crippen LogP contribution in [0.15, 0.2) is 59.7 Å². The van der Waals surface area contributed by atoms with E-state index >= 15 is 0 Å². The lowest BCUT2D eigenvalue weighted by Gasteiger charge is -2.21. The van der Waals surface area contributed by atoms with Crippen LogP contribution in [0.5, 0.6) is 5.75 Å². The highest BCUT2D eigenvalue weighted by atomic mass is 16.3.